The average molecular weight is 606 g/mol. The van der Waals surface area contributed by atoms with E-state index in [1.165, 1.54) is 6.21 Å². The van der Waals surface area contributed by atoms with Gasteiger partial charge in [0.1, 0.15) is 23.9 Å². The van der Waals surface area contributed by atoms with Crippen molar-refractivity contribution in [1.29, 1.82) is 0 Å². The molecule has 0 saturated carbocycles. The Morgan fingerprint density at radius 3 is 2.08 bits per heavy atom. The van der Waals surface area contributed by atoms with Gasteiger partial charge in [0.25, 0.3) is 5.91 Å². The molecule has 1 N–H and O–H groups in total. The first kappa shape index (κ1) is 25.9. The average Bonchev–Trinajstić information content (AvgIpc) is 2.93. The summed E-state index contributed by atoms with van der Waals surface area (Å²) in [6, 6.07) is 30.9. The fourth-order valence-electron chi connectivity index (χ4n) is 3.14. The highest BCUT2D eigenvalue weighted by Crippen LogP contribution is 2.19. The number of nitrogens with one attached hydrogen (secondary N) is 1. The fourth-order valence-corrected chi connectivity index (χ4v) is 3.75. The summed E-state index contributed by atoms with van der Waals surface area (Å²) in [5, 5.41) is 3.94. The highest BCUT2D eigenvalue weighted by Gasteiger charge is 2.11. The number of hydrogen-bond acceptors (Lipinski definition) is 6. The Kier molecular flexibility index (Phi) is 9.25. The maximum absolute atomic E-state index is 12.3. The van der Waals surface area contributed by atoms with E-state index in [-0.39, 0.29) is 6.61 Å². The number of hydrazone groups is 1. The zero-order valence-corrected chi connectivity index (χ0v) is 21.8. The molecule has 1 amide bonds. The van der Waals surface area contributed by atoms with E-state index in [2.05, 4.69) is 33.1 Å². The van der Waals surface area contributed by atoms with Crippen molar-refractivity contribution in [2.24, 2.45) is 5.10 Å². The van der Waals surface area contributed by atoms with Crippen LogP contribution in [0.5, 0.6) is 17.2 Å². The number of carbonyl (C=O) groups is 2. The number of amides is 1. The van der Waals surface area contributed by atoms with E-state index in [1.54, 1.807) is 60.7 Å². The number of rotatable bonds is 10. The smallest absolute Gasteiger partial charge is 0.344 e. The van der Waals surface area contributed by atoms with Gasteiger partial charge in [-0.1, -0.05) is 42.5 Å². The standard InChI is InChI=1S/C29H23IN2O5/c30-27-9-5-4-8-26(27)29(34)37-25-12-10-21(11-13-25)18-31-32-28(33)20-36-24-16-14-23(15-17-24)35-19-22-6-2-1-3-7-22/h1-18H,19-20H2,(H,32,33)/b31-18-. The molecule has 0 aliphatic heterocycles. The number of hydrogen-bond donors (Lipinski definition) is 1. The molecule has 0 atom stereocenters. The first-order valence-corrected chi connectivity index (χ1v) is 12.4. The van der Waals surface area contributed by atoms with Crippen molar-refractivity contribution in [2.75, 3.05) is 6.61 Å². The minimum Gasteiger partial charge on any atom is -0.489 e. The second kappa shape index (κ2) is 13.2. The third-order valence-electron chi connectivity index (χ3n) is 5.03. The van der Waals surface area contributed by atoms with Crippen molar-refractivity contribution in [1.82, 2.24) is 5.43 Å². The Hall–Kier alpha value is -4.18. The summed E-state index contributed by atoms with van der Waals surface area (Å²) < 4.78 is 17.5. The Morgan fingerprint density at radius 2 is 1.38 bits per heavy atom. The summed E-state index contributed by atoms with van der Waals surface area (Å²) in [6.07, 6.45) is 1.49. The normalized spacial score (nSPS) is 10.6. The van der Waals surface area contributed by atoms with Gasteiger partial charge >= 0.3 is 5.97 Å². The molecule has 4 aromatic rings. The van der Waals surface area contributed by atoms with Crippen LogP contribution in [0.4, 0.5) is 0 Å². The molecule has 0 spiro atoms. The van der Waals surface area contributed by atoms with Crippen LogP contribution in [0.1, 0.15) is 21.5 Å². The van der Waals surface area contributed by atoms with Gasteiger partial charge in [-0.2, -0.15) is 5.10 Å². The van der Waals surface area contributed by atoms with Crippen LogP contribution in [0.15, 0.2) is 108 Å². The van der Waals surface area contributed by atoms with Gasteiger partial charge < -0.3 is 14.2 Å². The predicted octanol–water partition coefficient (Wildman–Crippen LogP) is 5.62. The van der Waals surface area contributed by atoms with Gasteiger partial charge in [0.15, 0.2) is 6.61 Å². The van der Waals surface area contributed by atoms with E-state index >= 15 is 0 Å². The molecule has 0 unspecified atom stereocenters. The quantitative estimate of drug-likeness (QED) is 0.0834. The molecule has 4 aromatic carbocycles. The van der Waals surface area contributed by atoms with Gasteiger partial charge in [0, 0.05) is 3.57 Å². The first-order chi connectivity index (χ1) is 18.1. The summed E-state index contributed by atoms with van der Waals surface area (Å²) in [4.78, 5) is 24.3. The third-order valence-corrected chi connectivity index (χ3v) is 5.97. The van der Waals surface area contributed by atoms with Crippen LogP contribution in [-0.2, 0) is 11.4 Å². The summed E-state index contributed by atoms with van der Waals surface area (Å²) in [7, 11) is 0. The largest absolute Gasteiger partial charge is 0.489 e. The van der Waals surface area contributed by atoms with E-state index in [9.17, 15) is 9.59 Å². The molecule has 0 aliphatic rings. The summed E-state index contributed by atoms with van der Waals surface area (Å²) >= 11 is 2.09. The van der Waals surface area contributed by atoms with Crippen molar-refractivity contribution in [3.8, 4) is 17.2 Å². The fraction of sp³-hybridized carbons (Fsp3) is 0.0690. The molecule has 0 radical (unpaired) electrons. The van der Waals surface area contributed by atoms with Crippen LogP contribution in [0.2, 0.25) is 0 Å². The van der Waals surface area contributed by atoms with Crippen molar-refractivity contribution in [3.05, 3.63) is 123 Å². The molecule has 37 heavy (non-hydrogen) atoms. The predicted molar refractivity (Wildman–Crippen MR) is 149 cm³/mol. The van der Waals surface area contributed by atoms with Crippen molar-refractivity contribution in [2.45, 2.75) is 6.61 Å². The lowest BCUT2D eigenvalue weighted by atomic mass is 10.2. The zero-order chi connectivity index (χ0) is 25.9. The molecule has 8 heteroatoms. The van der Waals surface area contributed by atoms with E-state index in [0.717, 1.165) is 14.7 Å². The van der Waals surface area contributed by atoms with Crippen molar-refractivity contribution in [3.63, 3.8) is 0 Å². The lowest BCUT2D eigenvalue weighted by molar-refractivity contribution is -0.123. The van der Waals surface area contributed by atoms with E-state index in [0.29, 0.717) is 29.4 Å². The molecule has 0 aliphatic carbocycles. The Bertz CT molecular complexity index is 1360. The van der Waals surface area contributed by atoms with Crippen LogP contribution >= 0.6 is 22.6 Å². The molecule has 0 heterocycles. The zero-order valence-electron chi connectivity index (χ0n) is 19.7. The first-order valence-electron chi connectivity index (χ1n) is 11.3. The summed E-state index contributed by atoms with van der Waals surface area (Å²) in [5.41, 5.74) is 4.73. The lowest BCUT2D eigenvalue weighted by Gasteiger charge is -2.08. The van der Waals surface area contributed by atoms with Gasteiger partial charge in [-0.3, -0.25) is 4.79 Å². The highest BCUT2D eigenvalue weighted by atomic mass is 127. The monoisotopic (exact) mass is 606 g/mol. The molecule has 7 nitrogen and oxygen atoms in total. The van der Waals surface area contributed by atoms with Crippen LogP contribution in [0.3, 0.4) is 0 Å². The Morgan fingerprint density at radius 1 is 0.757 bits per heavy atom. The second-order valence-electron chi connectivity index (χ2n) is 7.77. The number of benzene rings is 4. The van der Waals surface area contributed by atoms with Gasteiger partial charge in [0.2, 0.25) is 0 Å². The molecule has 4 rings (SSSR count). The van der Waals surface area contributed by atoms with Gasteiger partial charge in [0.05, 0.1) is 11.8 Å². The minimum absolute atomic E-state index is 0.186. The highest BCUT2D eigenvalue weighted by molar-refractivity contribution is 14.1. The number of ether oxygens (including phenoxy) is 3. The number of esters is 1. The maximum atomic E-state index is 12.3. The van der Waals surface area contributed by atoms with Gasteiger partial charge in [-0.05, 0) is 94.4 Å². The van der Waals surface area contributed by atoms with Crippen LogP contribution in [-0.4, -0.2) is 24.7 Å². The Labute approximate surface area is 228 Å². The summed E-state index contributed by atoms with van der Waals surface area (Å²) in [6.45, 7) is 0.289. The van der Waals surface area contributed by atoms with E-state index in [1.807, 2.05) is 42.5 Å². The number of halogens is 1. The van der Waals surface area contributed by atoms with Crippen LogP contribution < -0.4 is 19.6 Å². The molecule has 186 valence electrons. The molecule has 0 aromatic heterocycles. The lowest BCUT2D eigenvalue weighted by Crippen LogP contribution is -2.24. The third kappa shape index (κ3) is 8.18. The van der Waals surface area contributed by atoms with Gasteiger partial charge in [-0.15, -0.1) is 0 Å². The molecular formula is C29H23IN2O5. The van der Waals surface area contributed by atoms with E-state index < -0.39 is 11.9 Å². The minimum atomic E-state index is -0.423. The topological polar surface area (TPSA) is 86.2 Å². The SMILES string of the molecule is O=C(COc1ccc(OCc2ccccc2)cc1)N/N=C\c1ccc(OC(=O)c2ccccc2I)cc1. The van der Waals surface area contributed by atoms with Crippen LogP contribution in [0.25, 0.3) is 0 Å². The summed E-state index contributed by atoms with van der Waals surface area (Å²) in [5.74, 6) is 0.842. The van der Waals surface area contributed by atoms with Crippen molar-refractivity contribution >= 4 is 40.7 Å². The molecule has 0 bridgehead atoms. The molecular weight excluding hydrogens is 583 g/mol. The van der Waals surface area contributed by atoms with Gasteiger partial charge in [-0.25, -0.2) is 10.2 Å². The van der Waals surface area contributed by atoms with E-state index in [4.69, 9.17) is 14.2 Å². The second-order valence-corrected chi connectivity index (χ2v) is 8.93. The maximum Gasteiger partial charge on any atom is 0.344 e. The Balaban J connectivity index is 1.18. The van der Waals surface area contributed by atoms with Crippen LogP contribution in [0, 0.1) is 3.57 Å². The molecule has 0 saturated heterocycles. The van der Waals surface area contributed by atoms with Crippen molar-refractivity contribution < 1.29 is 23.8 Å². The molecule has 0 fully saturated rings. The number of carbonyl (C=O) groups excluding carboxylic acids is 2. The number of nitrogens with zero attached hydrogens (tertiary/aromatic N) is 1.